The zero-order valence-electron chi connectivity index (χ0n) is 39.5. The van der Waals surface area contributed by atoms with Gasteiger partial charge in [-0.2, -0.15) is 8.42 Å². The Kier molecular flexibility index (Phi) is 37.5. The molecule has 0 aromatic heterocycles. The van der Waals surface area contributed by atoms with E-state index in [1.165, 1.54) is 116 Å². The molecular weight excluding hydrogens is 827 g/mol. The van der Waals surface area contributed by atoms with Crippen LogP contribution in [0.2, 0.25) is 0 Å². The Balaban J connectivity index is 2.46. The molecule has 8 unspecified atom stereocenters. The summed E-state index contributed by atoms with van der Waals surface area (Å²) in [6.07, 6.45) is 33.6. The Morgan fingerprint density at radius 3 is 1.51 bits per heavy atom. The molecule has 14 heteroatoms. The third-order valence-corrected chi connectivity index (χ3v) is 12.6. The number of allylic oxidation sites excluding steroid dienone is 4. The van der Waals surface area contributed by atoms with E-state index in [1.54, 1.807) is 0 Å². The monoisotopic (exact) mass is 920 g/mol. The summed E-state index contributed by atoms with van der Waals surface area (Å²) in [5.41, 5.74) is 0. The van der Waals surface area contributed by atoms with Crippen LogP contribution in [0, 0.1) is 0 Å². The summed E-state index contributed by atoms with van der Waals surface area (Å²) >= 11 is 0. The Bertz CT molecular complexity index is 1240. The number of carbonyl (C=O) groups excluding carboxylic acids is 1. The fraction of sp³-hybridized carbons (Fsp3) is 0.898. The maximum absolute atomic E-state index is 13.1. The minimum atomic E-state index is -5.11. The third-order valence-electron chi connectivity index (χ3n) is 12.1. The van der Waals surface area contributed by atoms with Gasteiger partial charge in [-0.05, 0) is 44.9 Å². The van der Waals surface area contributed by atoms with E-state index in [0.29, 0.717) is 19.3 Å². The number of carbonyl (C=O) groups is 1. The predicted octanol–water partition coefficient (Wildman–Crippen LogP) is 9.47. The molecule has 1 aliphatic rings. The summed E-state index contributed by atoms with van der Waals surface area (Å²) < 4.78 is 47.6. The van der Waals surface area contributed by atoms with Crippen LogP contribution < -0.4 is 5.32 Å². The number of rotatable bonds is 43. The number of aliphatic hydroxyl groups is 5. The van der Waals surface area contributed by atoms with Crippen molar-refractivity contribution in [3.8, 4) is 0 Å². The molecule has 1 amide bonds. The standard InChI is InChI=1S/C49H93NO12S/c1-3-5-7-9-11-13-15-17-18-19-20-21-22-23-24-25-26-28-30-32-34-36-38-43(53)48(56)50-41(42(52)37-35-33-31-29-27-16-14-12-10-8-6-4-2)40-60-49-46(55)47(62-63(57,58)59)45(54)44(39-51)61-49/h20-21,23-24,41-47,49,51-55H,3-19,22,25-40H2,1-2H3,(H,50,56)(H,57,58,59)/b21-20-,24-23-. The summed E-state index contributed by atoms with van der Waals surface area (Å²) in [4.78, 5) is 13.1. The lowest BCUT2D eigenvalue weighted by molar-refractivity contribution is -0.298. The van der Waals surface area contributed by atoms with E-state index in [1.807, 2.05) is 0 Å². The first kappa shape index (κ1) is 59.6. The molecule has 1 fully saturated rings. The molecule has 0 aromatic carbocycles. The minimum Gasteiger partial charge on any atom is -0.394 e. The number of amides is 1. The van der Waals surface area contributed by atoms with Crippen molar-refractivity contribution in [1.82, 2.24) is 5.32 Å². The van der Waals surface area contributed by atoms with E-state index < -0.39 is 78.5 Å². The maximum atomic E-state index is 13.1. The van der Waals surface area contributed by atoms with Gasteiger partial charge in [-0.25, -0.2) is 4.18 Å². The molecule has 1 heterocycles. The van der Waals surface area contributed by atoms with E-state index in [4.69, 9.17) is 9.47 Å². The molecule has 1 aliphatic heterocycles. The summed E-state index contributed by atoms with van der Waals surface area (Å²) in [6, 6.07) is -1.04. The van der Waals surface area contributed by atoms with Gasteiger partial charge in [0.05, 0.1) is 25.4 Å². The first-order valence-electron chi connectivity index (χ1n) is 25.3. The smallest absolute Gasteiger partial charge is 0.394 e. The van der Waals surface area contributed by atoms with Crippen LogP contribution in [-0.2, 0) is 28.9 Å². The first-order valence-corrected chi connectivity index (χ1v) is 26.7. The zero-order chi connectivity index (χ0) is 46.4. The quantitative estimate of drug-likeness (QED) is 0.0173. The largest absolute Gasteiger partial charge is 0.397 e. The third kappa shape index (κ3) is 32.0. The fourth-order valence-corrected chi connectivity index (χ4v) is 8.59. The summed E-state index contributed by atoms with van der Waals surface area (Å²) in [7, 11) is -5.11. The highest BCUT2D eigenvalue weighted by Gasteiger charge is 2.48. The molecule has 0 saturated carbocycles. The molecule has 1 rings (SSSR count). The van der Waals surface area contributed by atoms with Gasteiger partial charge in [0.25, 0.3) is 0 Å². The molecule has 0 bridgehead atoms. The molecule has 0 spiro atoms. The predicted molar refractivity (Wildman–Crippen MR) is 251 cm³/mol. The lowest BCUT2D eigenvalue weighted by Crippen LogP contribution is -2.61. The highest BCUT2D eigenvalue weighted by molar-refractivity contribution is 7.80. The van der Waals surface area contributed by atoms with Crippen LogP contribution >= 0.6 is 0 Å². The van der Waals surface area contributed by atoms with Crippen molar-refractivity contribution >= 4 is 16.3 Å². The number of ether oxygens (including phenoxy) is 2. The Morgan fingerprint density at radius 2 is 1.06 bits per heavy atom. The number of hydrogen-bond donors (Lipinski definition) is 7. The molecule has 0 aliphatic carbocycles. The van der Waals surface area contributed by atoms with Crippen LogP contribution in [0.4, 0.5) is 0 Å². The molecule has 63 heavy (non-hydrogen) atoms. The van der Waals surface area contributed by atoms with E-state index >= 15 is 0 Å². The molecule has 0 radical (unpaired) electrons. The highest BCUT2D eigenvalue weighted by Crippen LogP contribution is 2.26. The van der Waals surface area contributed by atoms with Crippen molar-refractivity contribution in [3.05, 3.63) is 24.3 Å². The van der Waals surface area contributed by atoms with Crippen molar-refractivity contribution in [2.75, 3.05) is 13.2 Å². The van der Waals surface area contributed by atoms with E-state index in [-0.39, 0.29) is 6.42 Å². The second-order valence-corrected chi connectivity index (χ2v) is 18.9. The number of nitrogens with one attached hydrogen (secondary N) is 1. The van der Waals surface area contributed by atoms with Crippen LogP contribution in [0.5, 0.6) is 0 Å². The zero-order valence-corrected chi connectivity index (χ0v) is 40.3. The summed E-state index contributed by atoms with van der Waals surface area (Å²) in [5, 5.41) is 55.4. The number of aliphatic hydroxyl groups excluding tert-OH is 5. The van der Waals surface area contributed by atoms with Gasteiger partial charge in [-0.3, -0.25) is 9.35 Å². The van der Waals surface area contributed by atoms with Crippen molar-refractivity contribution in [2.45, 2.75) is 268 Å². The Morgan fingerprint density at radius 1 is 0.635 bits per heavy atom. The topological polar surface area (TPSA) is 212 Å². The molecule has 7 N–H and O–H groups in total. The van der Waals surface area contributed by atoms with Crippen LogP contribution in [0.25, 0.3) is 0 Å². The van der Waals surface area contributed by atoms with Crippen molar-refractivity contribution < 1.29 is 57.0 Å². The van der Waals surface area contributed by atoms with Crippen LogP contribution in [0.1, 0.15) is 219 Å². The average molecular weight is 920 g/mol. The van der Waals surface area contributed by atoms with E-state index in [0.717, 1.165) is 64.2 Å². The van der Waals surface area contributed by atoms with Gasteiger partial charge >= 0.3 is 10.4 Å². The second kappa shape index (κ2) is 39.7. The van der Waals surface area contributed by atoms with Crippen LogP contribution in [-0.4, -0.2) is 107 Å². The maximum Gasteiger partial charge on any atom is 0.397 e. The lowest BCUT2D eigenvalue weighted by Gasteiger charge is -2.41. The molecule has 0 aromatic rings. The van der Waals surface area contributed by atoms with Gasteiger partial charge in [0, 0.05) is 0 Å². The van der Waals surface area contributed by atoms with Crippen LogP contribution in [0.15, 0.2) is 24.3 Å². The number of unbranched alkanes of at least 4 members (excludes halogenated alkanes) is 26. The first-order chi connectivity index (χ1) is 30.4. The Labute approximate surface area is 383 Å². The van der Waals surface area contributed by atoms with Gasteiger partial charge in [0.15, 0.2) is 6.29 Å². The van der Waals surface area contributed by atoms with Gasteiger partial charge in [0.2, 0.25) is 5.91 Å². The van der Waals surface area contributed by atoms with Gasteiger partial charge in [0.1, 0.15) is 30.5 Å². The van der Waals surface area contributed by atoms with Gasteiger partial charge in [-0.1, -0.05) is 199 Å². The summed E-state index contributed by atoms with van der Waals surface area (Å²) in [5.74, 6) is -0.677. The molecule has 13 nitrogen and oxygen atoms in total. The van der Waals surface area contributed by atoms with Gasteiger partial charge < -0.3 is 40.3 Å². The minimum absolute atomic E-state index is 0.249. The van der Waals surface area contributed by atoms with E-state index in [9.17, 15) is 43.3 Å². The molecule has 8 atom stereocenters. The van der Waals surface area contributed by atoms with E-state index in [2.05, 4.69) is 47.7 Å². The lowest BCUT2D eigenvalue weighted by atomic mass is 9.99. The Hall–Kier alpha value is -1.46. The SMILES string of the molecule is CCCCCCCCCCC/C=C\C/C=C\CCCCCCCCC(O)C(=O)NC(COC1OC(CO)C(O)C(OS(=O)(=O)O)C1O)C(O)CCCCCCCCCCCCCC. The molecule has 1 saturated heterocycles. The fourth-order valence-electron chi connectivity index (χ4n) is 8.08. The number of hydrogen-bond acceptors (Lipinski definition) is 11. The van der Waals surface area contributed by atoms with Crippen molar-refractivity contribution in [2.24, 2.45) is 0 Å². The second-order valence-electron chi connectivity index (χ2n) is 17.9. The normalized spacial score (nSPS) is 21.0. The highest BCUT2D eigenvalue weighted by atomic mass is 32.3. The van der Waals surface area contributed by atoms with Crippen molar-refractivity contribution in [1.29, 1.82) is 0 Å². The van der Waals surface area contributed by atoms with Crippen molar-refractivity contribution in [3.63, 3.8) is 0 Å². The molecular formula is C49H93NO12S. The van der Waals surface area contributed by atoms with Crippen LogP contribution in [0.3, 0.4) is 0 Å². The molecule has 372 valence electrons. The summed E-state index contributed by atoms with van der Waals surface area (Å²) in [6.45, 7) is 3.27. The van der Waals surface area contributed by atoms with Gasteiger partial charge in [-0.15, -0.1) is 0 Å². The average Bonchev–Trinajstić information content (AvgIpc) is 3.25.